The minimum absolute atomic E-state index is 0.630. The molecule has 1 fully saturated rings. The van der Waals surface area contributed by atoms with Crippen LogP contribution in [0, 0.1) is 5.92 Å². The van der Waals surface area contributed by atoms with Crippen LogP contribution in [0.25, 0.3) is 0 Å². The molecule has 1 aliphatic rings. The van der Waals surface area contributed by atoms with Crippen molar-refractivity contribution >= 4 is 0 Å². The van der Waals surface area contributed by atoms with Crippen LogP contribution in [0.1, 0.15) is 58.8 Å². The standard InChI is InChI=1S/C12H24O/c1-11(2)7-5-3-4-6-8-12-9-10-13-12/h11-12H,3-10H2,1-2H3. The van der Waals surface area contributed by atoms with Gasteiger partial charge in [0.15, 0.2) is 0 Å². The van der Waals surface area contributed by atoms with Crippen LogP contribution < -0.4 is 0 Å². The summed E-state index contributed by atoms with van der Waals surface area (Å²) in [6.45, 7) is 5.63. The van der Waals surface area contributed by atoms with Gasteiger partial charge in [-0.2, -0.15) is 0 Å². The number of ether oxygens (including phenoxy) is 1. The van der Waals surface area contributed by atoms with Gasteiger partial charge in [0.2, 0.25) is 0 Å². The lowest BCUT2D eigenvalue weighted by Crippen LogP contribution is -2.26. The van der Waals surface area contributed by atoms with Gasteiger partial charge in [-0.1, -0.05) is 46.0 Å². The van der Waals surface area contributed by atoms with Crippen molar-refractivity contribution in [2.45, 2.75) is 64.9 Å². The predicted molar refractivity (Wildman–Crippen MR) is 56.9 cm³/mol. The molecule has 0 aromatic carbocycles. The molecule has 0 spiro atoms. The second-order valence-electron chi connectivity index (χ2n) is 4.67. The lowest BCUT2D eigenvalue weighted by atomic mass is 10.0. The largest absolute Gasteiger partial charge is 0.378 e. The fourth-order valence-electron chi connectivity index (χ4n) is 1.79. The van der Waals surface area contributed by atoms with Crippen LogP contribution in [0.15, 0.2) is 0 Å². The summed E-state index contributed by atoms with van der Waals surface area (Å²) in [5, 5.41) is 0. The van der Waals surface area contributed by atoms with E-state index in [1.54, 1.807) is 0 Å². The molecule has 1 rings (SSSR count). The Morgan fingerprint density at radius 2 is 1.85 bits per heavy atom. The molecule has 0 amide bonds. The summed E-state index contributed by atoms with van der Waals surface area (Å²) in [4.78, 5) is 0. The third-order valence-electron chi connectivity index (χ3n) is 2.85. The highest BCUT2D eigenvalue weighted by Gasteiger charge is 2.16. The van der Waals surface area contributed by atoms with Gasteiger partial charge in [-0.05, 0) is 18.8 Å². The number of rotatable bonds is 7. The molecule has 0 aliphatic carbocycles. The zero-order valence-corrected chi connectivity index (χ0v) is 9.22. The summed E-state index contributed by atoms with van der Waals surface area (Å²) >= 11 is 0. The zero-order valence-electron chi connectivity index (χ0n) is 9.22. The minimum Gasteiger partial charge on any atom is -0.378 e. The molecule has 0 N–H and O–H groups in total. The highest BCUT2D eigenvalue weighted by molar-refractivity contribution is 4.65. The Labute approximate surface area is 82.9 Å². The second-order valence-corrected chi connectivity index (χ2v) is 4.67. The molecule has 0 saturated carbocycles. The average molecular weight is 184 g/mol. The van der Waals surface area contributed by atoms with E-state index in [0.717, 1.165) is 12.5 Å². The predicted octanol–water partition coefficient (Wildman–Crippen LogP) is 3.77. The van der Waals surface area contributed by atoms with Gasteiger partial charge in [0.25, 0.3) is 0 Å². The highest BCUT2D eigenvalue weighted by atomic mass is 16.5. The SMILES string of the molecule is CC(C)CCCCCCC1CCO1. The van der Waals surface area contributed by atoms with E-state index in [4.69, 9.17) is 4.74 Å². The third-order valence-corrected chi connectivity index (χ3v) is 2.85. The summed E-state index contributed by atoms with van der Waals surface area (Å²) in [6, 6.07) is 0. The summed E-state index contributed by atoms with van der Waals surface area (Å²) in [6.07, 6.45) is 10.3. The lowest BCUT2D eigenvalue weighted by Gasteiger charge is -2.26. The molecule has 1 nitrogen and oxygen atoms in total. The molecule has 1 saturated heterocycles. The quantitative estimate of drug-likeness (QED) is 0.547. The number of hydrogen-bond acceptors (Lipinski definition) is 1. The van der Waals surface area contributed by atoms with E-state index in [-0.39, 0.29) is 0 Å². The smallest absolute Gasteiger partial charge is 0.0597 e. The molecule has 1 unspecified atom stereocenters. The fourth-order valence-corrected chi connectivity index (χ4v) is 1.79. The van der Waals surface area contributed by atoms with Gasteiger partial charge < -0.3 is 4.74 Å². The Kier molecular flexibility index (Phi) is 5.45. The molecule has 13 heavy (non-hydrogen) atoms. The van der Waals surface area contributed by atoms with Crippen LogP contribution in [-0.2, 0) is 4.74 Å². The van der Waals surface area contributed by atoms with E-state index in [1.165, 1.54) is 44.9 Å². The molecule has 1 atom stereocenters. The van der Waals surface area contributed by atoms with Gasteiger partial charge in [-0.3, -0.25) is 0 Å². The lowest BCUT2D eigenvalue weighted by molar-refractivity contribution is -0.0556. The topological polar surface area (TPSA) is 9.23 Å². The van der Waals surface area contributed by atoms with Crippen molar-refractivity contribution in [3.63, 3.8) is 0 Å². The van der Waals surface area contributed by atoms with Gasteiger partial charge in [0.05, 0.1) is 6.10 Å². The molecule has 0 bridgehead atoms. The van der Waals surface area contributed by atoms with Crippen molar-refractivity contribution in [3.8, 4) is 0 Å². The van der Waals surface area contributed by atoms with Crippen molar-refractivity contribution in [1.29, 1.82) is 0 Å². The van der Waals surface area contributed by atoms with E-state index in [1.807, 2.05) is 0 Å². The minimum atomic E-state index is 0.630. The van der Waals surface area contributed by atoms with Gasteiger partial charge >= 0.3 is 0 Å². The number of unbranched alkanes of at least 4 members (excludes halogenated alkanes) is 3. The molecular weight excluding hydrogens is 160 g/mol. The Bertz CT molecular complexity index is 116. The molecule has 1 heterocycles. The maximum Gasteiger partial charge on any atom is 0.0597 e. The average Bonchev–Trinajstić information content (AvgIpc) is 1.99. The zero-order chi connectivity index (χ0) is 9.52. The Hall–Kier alpha value is -0.0400. The first kappa shape index (κ1) is 11.0. The molecule has 0 aromatic heterocycles. The van der Waals surface area contributed by atoms with Crippen molar-refractivity contribution in [2.75, 3.05) is 6.61 Å². The Morgan fingerprint density at radius 1 is 1.15 bits per heavy atom. The maximum absolute atomic E-state index is 5.38. The van der Waals surface area contributed by atoms with E-state index in [2.05, 4.69) is 13.8 Å². The van der Waals surface area contributed by atoms with Crippen LogP contribution >= 0.6 is 0 Å². The van der Waals surface area contributed by atoms with Gasteiger partial charge in [-0.15, -0.1) is 0 Å². The van der Waals surface area contributed by atoms with E-state index in [0.29, 0.717) is 6.10 Å². The molecule has 0 radical (unpaired) electrons. The van der Waals surface area contributed by atoms with Crippen LogP contribution in [0.3, 0.4) is 0 Å². The highest BCUT2D eigenvalue weighted by Crippen LogP contribution is 2.18. The Balaban J connectivity index is 1.73. The Morgan fingerprint density at radius 3 is 2.38 bits per heavy atom. The van der Waals surface area contributed by atoms with Gasteiger partial charge in [-0.25, -0.2) is 0 Å². The molecule has 1 heteroatoms. The third kappa shape index (κ3) is 5.30. The van der Waals surface area contributed by atoms with Crippen molar-refractivity contribution in [2.24, 2.45) is 5.92 Å². The fraction of sp³-hybridized carbons (Fsp3) is 1.00. The van der Waals surface area contributed by atoms with Gasteiger partial charge in [0, 0.05) is 6.61 Å². The van der Waals surface area contributed by atoms with E-state index >= 15 is 0 Å². The normalized spacial score (nSPS) is 21.9. The van der Waals surface area contributed by atoms with E-state index in [9.17, 15) is 0 Å². The van der Waals surface area contributed by atoms with Crippen LogP contribution in [0.4, 0.5) is 0 Å². The van der Waals surface area contributed by atoms with Crippen LogP contribution in [0.2, 0.25) is 0 Å². The monoisotopic (exact) mass is 184 g/mol. The molecule has 0 aromatic rings. The second kappa shape index (κ2) is 6.42. The first-order valence-electron chi connectivity index (χ1n) is 5.90. The van der Waals surface area contributed by atoms with Crippen LogP contribution in [0.5, 0.6) is 0 Å². The maximum atomic E-state index is 5.38. The molecule has 1 aliphatic heterocycles. The van der Waals surface area contributed by atoms with Crippen LogP contribution in [-0.4, -0.2) is 12.7 Å². The number of hydrogen-bond donors (Lipinski definition) is 0. The first-order chi connectivity index (χ1) is 6.29. The summed E-state index contributed by atoms with van der Waals surface area (Å²) < 4.78 is 5.38. The van der Waals surface area contributed by atoms with Crippen molar-refractivity contribution < 1.29 is 4.74 Å². The summed E-state index contributed by atoms with van der Waals surface area (Å²) in [5.41, 5.74) is 0. The van der Waals surface area contributed by atoms with Crippen molar-refractivity contribution in [1.82, 2.24) is 0 Å². The molecular formula is C12H24O. The van der Waals surface area contributed by atoms with Gasteiger partial charge in [0.1, 0.15) is 0 Å². The summed E-state index contributed by atoms with van der Waals surface area (Å²) in [5.74, 6) is 0.884. The van der Waals surface area contributed by atoms with Crippen molar-refractivity contribution in [3.05, 3.63) is 0 Å². The summed E-state index contributed by atoms with van der Waals surface area (Å²) in [7, 11) is 0. The molecule has 78 valence electrons. The van der Waals surface area contributed by atoms with E-state index < -0.39 is 0 Å². The first-order valence-corrected chi connectivity index (χ1v) is 5.90.